The normalized spacial score (nSPS) is 15.4. The minimum atomic E-state index is -4.86. The number of carbonyl (C=O) groups is 1. The van der Waals surface area contributed by atoms with E-state index in [1.807, 2.05) is 35.0 Å². The number of ether oxygens (including phenoxy) is 1. The molecule has 1 aliphatic rings. The van der Waals surface area contributed by atoms with Crippen molar-refractivity contribution >= 4 is 21.7 Å². The van der Waals surface area contributed by atoms with E-state index in [1.165, 1.54) is 9.21 Å². The van der Waals surface area contributed by atoms with Crippen molar-refractivity contribution in [3.63, 3.8) is 0 Å². The average molecular weight is 497 g/mol. The minimum Gasteiger partial charge on any atom is -0.406 e. The number of piperazine rings is 1. The summed E-state index contributed by atoms with van der Waals surface area (Å²) in [5, 5.41) is 2.82. The first-order chi connectivity index (χ1) is 16.1. The zero-order valence-corrected chi connectivity index (χ0v) is 18.7. The van der Waals surface area contributed by atoms with E-state index in [4.69, 9.17) is 0 Å². The summed E-state index contributed by atoms with van der Waals surface area (Å²) < 4.78 is 69.3. The molecule has 2 amide bonds. The van der Waals surface area contributed by atoms with Gasteiger partial charge in [0.2, 0.25) is 10.0 Å². The number of fused-ring (bicyclic) bond motifs is 1. The molecule has 2 aromatic heterocycles. The number of hydrogen-bond donors (Lipinski definition) is 1. The Labute approximate surface area is 193 Å². The van der Waals surface area contributed by atoms with Gasteiger partial charge in [-0.05, 0) is 36.4 Å². The van der Waals surface area contributed by atoms with Crippen LogP contribution in [-0.2, 0) is 16.4 Å². The third kappa shape index (κ3) is 5.59. The lowest BCUT2D eigenvalue weighted by Crippen LogP contribution is -2.53. The third-order valence-corrected chi connectivity index (χ3v) is 7.21. The summed E-state index contributed by atoms with van der Waals surface area (Å²) in [7, 11) is -3.91. The number of pyridine rings is 1. The fraction of sp³-hybridized carbons (Fsp3) is 0.333. The van der Waals surface area contributed by atoms with Gasteiger partial charge in [0.1, 0.15) is 11.4 Å². The Hall–Kier alpha value is -3.32. The first kappa shape index (κ1) is 23.8. The average Bonchev–Trinajstić information content (AvgIpc) is 3.21. The van der Waals surface area contributed by atoms with Crippen molar-refractivity contribution in [2.45, 2.75) is 17.7 Å². The second-order valence-electron chi connectivity index (χ2n) is 7.59. The summed E-state index contributed by atoms with van der Waals surface area (Å²) in [6.45, 7) is 0.906. The number of carbonyl (C=O) groups excluding carboxylic acids is 1. The van der Waals surface area contributed by atoms with Crippen LogP contribution in [0.3, 0.4) is 0 Å². The van der Waals surface area contributed by atoms with E-state index in [-0.39, 0.29) is 37.1 Å². The molecule has 1 N–H and O–H groups in total. The minimum absolute atomic E-state index is 0.0724. The molecule has 1 fully saturated rings. The zero-order chi connectivity index (χ0) is 24.3. The maximum atomic E-state index is 12.8. The topological polar surface area (TPSA) is 96.3 Å². The van der Waals surface area contributed by atoms with Gasteiger partial charge in [0.25, 0.3) is 0 Å². The van der Waals surface area contributed by atoms with E-state index < -0.39 is 22.1 Å². The lowest BCUT2D eigenvalue weighted by Gasteiger charge is -2.34. The van der Waals surface area contributed by atoms with Gasteiger partial charge in [0.05, 0.1) is 10.6 Å². The van der Waals surface area contributed by atoms with Gasteiger partial charge in [-0.2, -0.15) is 4.31 Å². The van der Waals surface area contributed by atoms with Crippen molar-refractivity contribution in [3.05, 3.63) is 60.6 Å². The fourth-order valence-electron chi connectivity index (χ4n) is 3.61. The van der Waals surface area contributed by atoms with E-state index in [0.29, 0.717) is 13.0 Å². The summed E-state index contributed by atoms with van der Waals surface area (Å²) in [6.07, 6.45) is -0.518. The Morgan fingerprint density at radius 2 is 1.76 bits per heavy atom. The molecule has 1 saturated heterocycles. The Morgan fingerprint density at radius 1 is 1.06 bits per heavy atom. The Morgan fingerprint density at radius 3 is 2.41 bits per heavy atom. The maximum Gasteiger partial charge on any atom is 0.573 e. The van der Waals surface area contributed by atoms with Crippen LogP contribution < -0.4 is 10.1 Å². The summed E-state index contributed by atoms with van der Waals surface area (Å²) in [6, 6.07) is 9.42. The van der Waals surface area contributed by atoms with Crippen molar-refractivity contribution < 1.29 is 31.1 Å². The van der Waals surface area contributed by atoms with Crippen LogP contribution in [0.4, 0.5) is 18.0 Å². The molecule has 0 saturated carbocycles. The molecule has 182 valence electrons. The van der Waals surface area contributed by atoms with Crippen LogP contribution in [0, 0.1) is 0 Å². The number of imidazole rings is 1. The highest BCUT2D eigenvalue weighted by molar-refractivity contribution is 7.89. The second kappa shape index (κ2) is 9.50. The van der Waals surface area contributed by atoms with E-state index in [0.717, 1.165) is 35.6 Å². The molecule has 13 heteroatoms. The smallest absolute Gasteiger partial charge is 0.406 e. The van der Waals surface area contributed by atoms with Gasteiger partial charge in [-0.25, -0.2) is 18.2 Å². The van der Waals surface area contributed by atoms with Gasteiger partial charge in [-0.15, -0.1) is 13.2 Å². The number of sulfonamides is 1. The van der Waals surface area contributed by atoms with Crippen LogP contribution in [0.25, 0.3) is 5.65 Å². The van der Waals surface area contributed by atoms with Crippen LogP contribution in [0.1, 0.15) is 5.69 Å². The Balaban J connectivity index is 1.26. The summed E-state index contributed by atoms with van der Waals surface area (Å²) >= 11 is 0. The molecule has 1 aliphatic heterocycles. The number of benzene rings is 1. The van der Waals surface area contributed by atoms with Gasteiger partial charge in [0.15, 0.2) is 0 Å². The van der Waals surface area contributed by atoms with Crippen LogP contribution in [-0.4, -0.2) is 72.1 Å². The molecule has 0 aliphatic carbocycles. The lowest BCUT2D eigenvalue weighted by atomic mass is 10.3. The number of hydrogen-bond acceptors (Lipinski definition) is 5. The van der Waals surface area contributed by atoms with E-state index in [2.05, 4.69) is 15.0 Å². The lowest BCUT2D eigenvalue weighted by molar-refractivity contribution is -0.274. The molecule has 0 bridgehead atoms. The first-order valence-corrected chi connectivity index (χ1v) is 11.9. The number of alkyl halides is 3. The summed E-state index contributed by atoms with van der Waals surface area (Å²) in [5.41, 5.74) is 1.66. The molecule has 3 aromatic rings. The third-order valence-electron chi connectivity index (χ3n) is 5.29. The predicted octanol–water partition coefficient (Wildman–Crippen LogP) is 2.49. The van der Waals surface area contributed by atoms with E-state index in [9.17, 15) is 26.4 Å². The molecule has 9 nitrogen and oxygen atoms in total. The number of rotatable bonds is 6. The Kier molecular flexibility index (Phi) is 6.66. The molecule has 0 atom stereocenters. The van der Waals surface area contributed by atoms with Crippen molar-refractivity contribution in [3.8, 4) is 5.75 Å². The van der Waals surface area contributed by atoms with E-state index in [1.54, 1.807) is 0 Å². The van der Waals surface area contributed by atoms with E-state index >= 15 is 0 Å². The molecular formula is C21H22F3N5O4S. The van der Waals surface area contributed by atoms with Crippen LogP contribution in [0.5, 0.6) is 5.75 Å². The number of amides is 2. The molecule has 0 unspecified atom stereocenters. The highest BCUT2D eigenvalue weighted by atomic mass is 32.2. The molecule has 0 spiro atoms. The quantitative estimate of drug-likeness (QED) is 0.565. The molecule has 34 heavy (non-hydrogen) atoms. The Bertz CT molecular complexity index is 1220. The van der Waals surface area contributed by atoms with Crippen molar-refractivity contribution in [1.82, 2.24) is 23.9 Å². The molecule has 0 radical (unpaired) electrons. The van der Waals surface area contributed by atoms with Gasteiger partial charge in [0, 0.05) is 51.5 Å². The number of urea groups is 1. The number of nitrogens with one attached hydrogen (secondary N) is 1. The van der Waals surface area contributed by atoms with Gasteiger partial charge >= 0.3 is 12.4 Å². The van der Waals surface area contributed by atoms with Gasteiger partial charge in [-0.1, -0.05) is 6.07 Å². The maximum absolute atomic E-state index is 12.8. The fourth-order valence-corrected chi connectivity index (χ4v) is 5.03. The highest BCUT2D eigenvalue weighted by Crippen LogP contribution is 2.25. The molecular weight excluding hydrogens is 475 g/mol. The molecule has 4 rings (SSSR count). The highest BCUT2D eigenvalue weighted by Gasteiger charge is 2.32. The monoisotopic (exact) mass is 497 g/mol. The summed E-state index contributed by atoms with van der Waals surface area (Å²) in [5.74, 6) is -0.503. The number of nitrogens with zero attached hydrogens (tertiary/aromatic N) is 4. The number of aromatic nitrogens is 2. The standard InChI is InChI=1S/C21H22F3N5O4S/c22-21(23,24)33-17-4-6-18(7-5-17)34(31,32)29-13-11-27(12-14-29)20(30)25-9-8-16-15-28-10-2-1-3-19(28)26-16/h1-7,10,15H,8-9,11-14H2,(H,25,30). The van der Waals surface area contributed by atoms with Crippen LogP contribution in [0.15, 0.2) is 59.8 Å². The molecule has 3 heterocycles. The zero-order valence-electron chi connectivity index (χ0n) is 17.9. The first-order valence-electron chi connectivity index (χ1n) is 10.4. The molecule has 1 aromatic carbocycles. The number of halogens is 3. The van der Waals surface area contributed by atoms with Crippen LogP contribution >= 0.6 is 0 Å². The second-order valence-corrected chi connectivity index (χ2v) is 9.53. The van der Waals surface area contributed by atoms with Crippen molar-refractivity contribution in [2.75, 3.05) is 32.7 Å². The predicted molar refractivity (Wildman–Crippen MR) is 116 cm³/mol. The van der Waals surface area contributed by atoms with Crippen LogP contribution in [0.2, 0.25) is 0 Å². The van der Waals surface area contributed by atoms with Gasteiger partial charge < -0.3 is 19.4 Å². The summed E-state index contributed by atoms with van der Waals surface area (Å²) in [4.78, 5) is 18.3. The largest absolute Gasteiger partial charge is 0.573 e. The van der Waals surface area contributed by atoms with Crippen molar-refractivity contribution in [1.29, 1.82) is 0 Å². The van der Waals surface area contributed by atoms with Crippen molar-refractivity contribution in [2.24, 2.45) is 0 Å². The SMILES string of the molecule is O=C(NCCc1cn2ccccc2n1)N1CCN(S(=O)(=O)c2ccc(OC(F)(F)F)cc2)CC1. The van der Waals surface area contributed by atoms with Gasteiger partial charge in [-0.3, -0.25) is 0 Å².